The van der Waals surface area contributed by atoms with Crippen LogP contribution in [-0.4, -0.2) is 58.6 Å². The first-order valence-electron chi connectivity index (χ1n) is 6.08. The highest BCUT2D eigenvalue weighted by Crippen LogP contribution is 2.13. The molecule has 1 amide bonds. The lowest BCUT2D eigenvalue weighted by molar-refractivity contribution is -0.140. The SMILES string of the molecule is O=C(O)c1ccccc1C(=O)N1CCNC(C(=O)O)C1. The number of nitrogens with one attached hydrogen (secondary N) is 1. The Labute approximate surface area is 114 Å². The van der Waals surface area contributed by atoms with E-state index in [1.54, 1.807) is 6.07 Å². The summed E-state index contributed by atoms with van der Waals surface area (Å²) in [6.07, 6.45) is 0. The maximum atomic E-state index is 12.3. The van der Waals surface area contributed by atoms with E-state index in [0.29, 0.717) is 13.1 Å². The average molecular weight is 278 g/mol. The third kappa shape index (κ3) is 2.77. The van der Waals surface area contributed by atoms with Gasteiger partial charge in [-0.2, -0.15) is 0 Å². The molecule has 1 fully saturated rings. The highest BCUT2D eigenvalue weighted by Gasteiger charge is 2.29. The van der Waals surface area contributed by atoms with Crippen molar-refractivity contribution in [3.05, 3.63) is 35.4 Å². The molecule has 1 aromatic carbocycles. The van der Waals surface area contributed by atoms with Crippen molar-refractivity contribution < 1.29 is 24.6 Å². The maximum absolute atomic E-state index is 12.3. The summed E-state index contributed by atoms with van der Waals surface area (Å²) >= 11 is 0. The third-order valence-corrected chi connectivity index (χ3v) is 3.15. The molecule has 0 aromatic heterocycles. The van der Waals surface area contributed by atoms with Crippen molar-refractivity contribution in [2.24, 2.45) is 0 Å². The molecule has 20 heavy (non-hydrogen) atoms. The molecular weight excluding hydrogens is 264 g/mol. The van der Waals surface area contributed by atoms with Crippen LogP contribution in [0.3, 0.4) is 0 Å². The Balaban J connectivity index is 2.23. The highest BCUT2D eigenvalue weighted by atomic mass is 16.4. The van der Waals surface area contributed by atoms with E-state index < -0.39 is 23.9 Å². The second-order valence-corrected chi connectivity index (χ2v) is 4.45. The van der Waals surface area contributed by atoms with Gasteiger partial charge in [0.05, 0.1) is 11.1 Å². The Bertz CT molecular complexity index is 557. The Morgan fingerprint density at radius 1 is 1.15 bits per heavy atom. The molecule has 1 unspecified atom stereocenters. The lowest BCUT2D eigenvalue weighted by atomic mass is 10.1. The number of amides is 1. The lowest BCUT2D eigenvalue weighted by Gasteiger charge is -2.31. The van der Waals surface area contributed by atoms with Gasteiger partial charge in [-0.15, -0.1) is 0 Å². The van der Waals surface area contributed by atoms with Gasteiger partial charge in [-0.05, 0) is 12.1 Å². The Kier molecular flexibility index (Phi) is 3.99. The highest BCUT2D eigenvalue weighted by molar-refractivity contribution is 6.04. The summed E-state index contributed by atoms with van der Waals surface area (Å²) in [5.41, 5.74) is -0.00561. The molecule has 0 aliphatic carbocycles. The van der Waals surface area contributed by atoms with Gasteiger partial charge < -0.3 is 20.4 Å². The largest absolute Gasteiger partial charge is 0.480 e. The van der Waals surface area contributed by atoms with Crippen LogP contribution < -0.4 is 5.32 Å². The summed E-state index contributed by atoms with van der Waals surface area (Å²) in [5.74, 6) is -2.68. The second-order valence-electron chi connectivity index (χ2n) is 4.45. The average Bonchev–Trinajstić information content (AvgIpc) is 2.46. The van der Waals surface area contributed by atoms with E-state index >= 15 is 0 Å². The molecule has 0 radical (unpaired) electrons. The van der Waals surface area contributed by atoms with Crippen molar-refractivity contribution in [1.82, 2.24) is 10.2 Å². The van der Waals surface area contributed by atoms with Crippen molar-refractivity contribution in [2.45, 2.75) is 6.04 Å². The van der Waals surface area contributed by atoms with Crippen molar-refractivity contribution >= 4 is 17.8 Å². The Hall–Kier alpha value is -2.41. The number of piperazine rings is 1. The van der Waals surface area contributed by atoms with Crippen molar-refractivity contribution in [2.75, 3.05) is 19.6 Å². The number of rotatable bonds is 3. The monoisotopic (exact) mass is 278 g/mol. The normalized spacial score (nSPS) is 18.6. The summed E-state index contributed by atoms with van der Waals surface area (Å²) < 4.78 is 0. The molecule has 1 atom stereocenters. The minimum Gasteiger partial charge on any atom is -0.480 e. The van der Waals surface area contributed by atoms with Crippen molar-refractivity contribution in [1.29, 1.82) is 0 Å². The Morgan fingerprint density at radius 3 is 2.40 bits per heavy atom. The van der Waals surface area contributed by atoms with Crippen LogP contribution >= 0.6 is 0 Å². The number of carboxylic acid groups (broad SMARTS) is 2. The predicted molar refractivity (Wildman–Crippen MR) is 68.7 cm³/mol. The number of carbonyl (C=O) groups is 3. The molecule has 106 valence electrons. The molecule has 0 spiro atoms. The van der Waals surface area contributed by atoms with Crippen LogP contribution in [-0.2, 0) is 4.79 Å². The van der Waals surface area contributed by atoms with Crippen LogP contribution in [0.2, 0.25) is 0 Å². The van der Waals surface area contributed by atoms with Gasteiger partial charge >= 0.3 is 11.9 Å². The molecule has 7 nitrogen and oxygen atoms in total. The molecule has 1 saturated heterocycles. The summed E-state index contributed by atoms with van der Waals surface area (Å²) in [7, 11) is 0. The fraction of sp³-hybridized carbons (Fsp3) is 0.308. The van der Waals surface area contributed by atoms with Gasteiger partial charge in [-0.25, -0.2) is 4.79 Å². The zero-order valence-corrected chi connectivity index (χ0v) is 10.6. The van der Waals surface area contributed by atoms with Crippen molar-refractivity contribution in [3.63, 3.8) is 0 Å². The van der Waals surface area contributed by atoms with E-state index in [1.165, 1.54) is 23.1 Å². The van der Waals surface area contributed by atoms with Gasteiger partial charge in [0.25, 0.3) is 5.91 Å². The summed E-state index contributed by atoms with van der Waals surface area (Å²) in [4.78, 5) is 35.7. The summed E-state index contributed by atoms with van der Waals surface area (Å²) in [5, 5.41) is 20.8. The quantitative estimate of drug-likeness (QED) is 0.712. The first-order chi connectivity index (χ1) is 9.50. The zero-order chi connectivity index (χ0) is 14.7. The first kappa shape index (κ1) is 14.0. The zero-order valence-electron chi connectivity index (χ0n) is 10.6. The molecule has 0 bridgehead atoms. The van der Waals surface area contributed by atoms with E-state index in [-0.39, 0.29) is 17.7 Å². The van der Waals surface area contributed by atoms with E-state index in [9.17, 15) is 14.4 Å². The molecular formula is C13H14N2O5. The molecule has 0 saturated carbocycles. The third-order valence-electron chi connectivity index (χ3n) is 3.15. The maximum Gasteiger partial charge on any atom is 0.336 e. The minimum absolute atomic E-state index is 0.0160. The standard InChI is InChI=1S/C13H14N2O5/c16-11(8-3-1-2-4-9(8)12(17)18)15-6-5-14-10(7-15)13(19)20/h1-4,10,14H,5-7H2,(H,17,18)(H,19,20). The van der Waals surface area contributed by atoms with E-state index in [1.807, 2.05) is 0 Å². The van der Waals surface area contributed by atoms with Gasteiger partial charge in [0.1, 0.15) is 6.04 Å². The smallest absolute Gasteiger partial charge is 0.336 e. The number of benzene rings is 1. The van der Waals surface area contributed by atoms with Crippen LogP contribution in [0.1, 0.15) is 20.7 Å². The minimum atomic E-state index is -1.18. The van der Waals surface area contributed by atoms with Crippen LogP contribution in [0.15, 0.2) is 24.3 Å². The number of nitrogens with zero attached hydrogens (tertiary/aromatic N) is 1. The molecule has 7 heteroatoms. The van der Waals surface area contributed by atoms with Crippen LogP contribution in [0.25, 0.3) is 0 Å². The molecule has 1 aromatic rings. The number of aromatic carboxylic acids is 1. The topological polar surface area (TPSA) is 107 Å². The van der Waals surface area contributed by atoms with Crippen LogP contribution in [0, 0.1) is 0 Å². The van der Waals surface area contributed by atoms with Gasteiger partial charge in [0.15, 0.2) is 0 Å². The number of hydrogen-bond donors (Lipinski definition) is 3. The first-order valence-corrected chi connectivity index (χ1v) is 6.08. The van der Waals surface area contributed by atoms with E-state index in [2.05, 4.69) is 5.32 Å². The molecule has 2 rings (SSSR count). The van der Waals surface area contributed by atoms with Gasteiger partial charge in [0.2, 0.25) is 0 Å². The molecule has 1 aliphatic heterocycles. The number of carboxylic acids is 2. The summed E-state index contributed by atoms with van der Waals surface area (Å²) in [6.45, 7) is 0.719. The molecule has 3 N–H and O–H groups in total. The lowest BCUT2D eigenvalue weighted by Crippen LogP contribution is -2.55. The fourth-order valence-electron chi connectivity index (χ4n) is 2.13. The molecule has 1 heterocycles. The van der Waals surface area contributed by atoms with E-state index in [0.717, 1.165) is 0 Å². The van der Waals surface area contributed by atoms with Crippen molar-refractivity contribution in [3.8, 4) is 0 Å². The van der Waals surface area contributed by atoms with Gasteiger partial charge in [-0.3, -0.25) is 9.59 Å². The number of hydrogen-bond acceptors (Lipinski definition) is 4. The van der Waals surface area contributed by atoms with Gasteiger partial charge in [0, 0.05) is 19.6 Å². The number of carbonyl (C=O) groups excluding carboxylic acids is 1. The van der Waals surface area contributed by atoms with Gasteiger partial charge in [-0.1, -0.05) is 12.1 Å². The summed E-state index contributed by atoms with van der Waals surface area (Å²) in [6, 6.07) is 5.08. The number of aliphatic carboxylic acids is 1. The molecule has 1 aliphatic rings. The second kappa shape index (κ2) is 5.70. The van der Waals surface area contributed by atoms with E-state index in [4.69, 9.17) is 10.2 Å². The Morgan fingerprint density at radius 2 is 1.80 bits per heavy atom. The van der Waals surface area contributed by atoms with Crippen LogP contribution in [0.4, 0.5) is 0 Å². The fourth-order valence-corrected chi connectivity index (χ4v) is 2.13. The van der Waals surface area contributed by atoms with Crippen LogP contribution in [0.5, 0.6) is 0 Å². The predicted octanol–water partition coefficient (Wildman–Crippen LogP) is -0.117.